The van der Waals surface area contributed by atoms with Gasteiger partial charge in [-0.05, 0) is 68.3 Å². The number of carbonyl (C=O) groups is 1. The van der Waals surface area contributed by atoms with E-state index in [0.717, 1.165) is 39.2 Å². The first-order chi connectivity index (χ1) is 17.4. The van der Waals surface area contributed by atoms with Gasteiger partial charge in [-0.3, -0.25) is 9.78 Å². The smallest absolute Gasteiger partial charge is 0.293 e. The fraction of sp³-hybridized carbons (Fsp3) is 0.148. The van der Waals surface area contributed by atoms with Gasteiger partial charge in [0.15, 0.2) is 0 Å². The molecule has 36 heavy (non-hydrogen) atoms. The summed E-state index contributed by atoms with van der Waals surface area (Å²) in [6.45, 7) is 6.12. The molecule has 3 aromatic heterocycles. The topological polar surface area (TPSA) is 106 Å². The minimum absolute atomic E-state index is 0.0433. The number of nitrogens with zero attached hydrogens (tertiary/aromatic N) is 4. The Morgan fingerprint density at radius 1 is 1.03 bits per heavy atom. The third-order valence-electron chi connectivity index (χ3n) is 5.74. The summed E-state index contributed by atoms with van der Waals surface area (Å²) >= 11 is 6.16. The molecular formula is C27H23ClN6O2. The second-order valence-corrected chi connectivity index (χ2v) is 8.89. The molecule has 0 aliphatic carbocycles. The molecular weight excluding hydrogens is 476 g/mol. The molecule has 0 fully saturated rings. The third kappa shape index (κ3) is 4.89. The van der Waals surface area contributed by atoms with Crippen molar-refractivity contribution in [1.29, 1.82) is 0 Å². The monoisotopic (exact) mass is 498 g/mol. The van der Waals surface area contributed by atoms with Gasteiger partial charge in [0, 0.05) is 28.2 Å². The number of benzene rings is 2. The van der Waals surface area contributed by atoms with E-state index in [-0.39, 0.29) is 5.82 Å². The summed E-state index contributed by atoms with van der Waals surface area (Å²) in [6.07, 6.45) is 1.60. The molecule has 8 nitrogen and oxygen atoms in total. The van der Waals surface area contributed by atoms with Crippen LogP contribution < -0.4 is 10.6 Å². The first-order valence-electron chi connectivity index (χ1n) is 11.3. The molecule has 0 saturated carbocycles. The number of amides is 1. The number of fused-ring (bicyclic) bond motifs is 1. The van der Waals surface area contributed by atoms with Crippen molar-refractivity contribution in [2.24, 2.45) is 0 Å². The number of rotatable bonds is 6. The minimum Gasteiger partial charge on any atom is -0.365 e. The molecule has 0 bridgehead atoms. The molecule has 0 radical (unpaired) electrons. The molecule has 2 aromatic carbocycles. The Balaban J connectivity index is 1.55. The van der Waals surface area contributed by atoms with E-state index in [1.54, 1.807) is 12.3 Å². The van der Waals surface area contributed by atoms with E-state index < -0.39 is 5.91 Å². The lowest BCUT2D eigenvalue weighted by Gasteiger charge is -2.13. The lowest BCUT2D eigenvalue weighted by molar-refractivity contribution is 0.101. The Bertz CT molecular complexity index is 1560. The molecule has 0 atom stereocenters. The lowest BCUT2D eigenvalue weighted by atomic mass is 10.0. The molecule has 2 N–H and O–H groups in total. The van der Waals surface area contributed by atoms with Gasteiger partial charge in [0.2, 0.25) is 5.82 Å². The van der Waals surface area contributed by atoms with Crippen LogP contribution >= 0.6 is 11.6 Å². The van der Waals surface area contributed by atoms with E-state index in [1.165, 1.54) is 0 Å². The van der Waals surface area contributed by atoms with Crippen LogP contribution in [0.15, 0.2) is 65.3 Å². The van der Waals surface area contributed by atoms with Gasteiger partial charge < -0.3 is 15.2 Å². The number of carbonyl (C=O) groups excluding carboxylic acids is 1. The number of hydrogen-bond donors (Lipinski definition) is 2. The summed E-state index contributed by atoms with van der Waals surface area (Å²) in [7, 11) is 0. The van der Waals surface area contributed by atoms with Crippen LogP contribution in [0.4, 0.5) is 11.5 Å². The fourth-order valence-corrected chi connectivity index (χ4v) is 4.19. The standard InChI is InChI=1S/C27H23ClN6O2/c1-15-7-9-21(14-29-15)31-27(35)26-32-23-10-8-19(24-16(2)34-36-17(24)3)12-22(23)25(33-26)30-13-18-5-4-6-20(28)11-18/h4-12,14H,13H2,1-3H3,(H,31,35)(H,30,32,33). The quantitative estimate of drug-likeness (QED) is 0.290. The highest BCUT2D eigenvalue weighted by Crippen LogP contribution is 2.31. The van der Waals surface area contributed by atoms with Crippen LogP contribution in [0.3, 0.4) is 0 Å². The van der Waals surface area contributed by atoms with Crippen LogP contribution in [0.5, 0.6) is 0 Å². The third-order valence-corrected chi connectivity index (χ3v) is 5.97. The largest absolute Gasteiger partial charge is 0.365 e. The molecule has 0 spiro atoms. The molecule has 0 aliphatic rings. The van der Waals surface area contributed by atoms with Crippen molar-refractivity contribution in [3.8, 4) is 11.1 Å². The van der Waals surface area contributed by atoms with Gasteiger partial charge in [0.25, 0.3) is 5.91 Å². The highest BCUT2D eigenvalue weighted by Gasteiger charge is 2.18. The highest BCUT2D eigenvalue weighted by atomic mass is 35.5. The molecule has 180 valence electrons. The average molecular weight is 499 g/mol. The molecule has 0 saturated heterocycles. The second-order valence-electron chi connectivity index (χ2n) is 8.45. The first-order valence-corrected chi connectivity index (χ1v) is 11.7. The van der Waals surface area contributed by atoms with E-state index in [4.69, 9.17) is 16.1 Å². The van der Waals surface area contributed by atoms with Gasteiger partial charge in [-0.15, -0.1) is 0 Å². The van der Waals surface area contributed by atoms with Crippen molar-refractivity contribution in [3.05, 3.63) is 94.4 Å². The average Bonchev–Trinajstić information content (AvgIpc) is 3.21. The SMILES string of the molecule is Cc1ccc(NC(=O)c2nc(NCc3cccc(Cl)c3)c3cc(-c4c(C)noc4C)ccc3n2)cn1. The zero-order chi connectivity index (χ0) is 25.2. The van der Waals surface area contributed by atoms with Crippen molar-refractivity contribution in [3.63, 3.8) is 0 Å². The van der Waals surface area contributed by atoms with Crippen LogP contribution in [0.2, 0.25) is 5.02 Å². The zero-order valence-electron chi connectivity index (χ0n) is 20.0. The summed E-state index contributed by atoms with van der Waals surface area (Å²) < 4.78 is 5.36. The van der Waals surface area contributed by atoms with Crippen LogP contribution in [-0.4, -0.2) is 26.0 Å². The van der Waals surface area contributed by atoms with Crippen LogP contribution in [0, 0.1) is 20.8 Å². The molecule has 0 unspecified atom stereocenters. The summed E-state index contributed by atoms with van der Waals surface area (Å²) in [6, 6.07) is 17.0. The number of nitrogens with one attached hydrogen (secondary N) is 2. The van der Waals surface area contributed by atoms with Crippen LogP contribution in [-0.2, 0) is 6.54 Å². The maximum Gasteiger partial charge on any atom is 0.293 e. The zero-order valence-corrected chi connectivity index (χ0v) is 20.7. The fourth-order valence-electron chi connectivity index (χ4n) is 3.98. The van der Waals surface area contributed by atoms with Crippen molar-refractivity contribution in [2.45, 2.75) is 27.3 Å². The van der Waals surface area contributed by atoms with Gasteiger partial charge in [-0.25, -0.2) is 9.97 Å². The molecule has 9 heteroatoms. The Kier molecular flexibility index (Phi) is 6.35. The van der Waals surface area contributed by atoms with E-state index in [2.05, 4.69) is 30.7 Å². The molecule has 5 aromatic rings. The van der Waals surface area contributed by atoms with Gasteiger partial charge in [0.1, 0.15) is 11.6 Å². The summed E-state index contributed by atoms with van der Waals surface area (Å²) in [5.74, 6) is 0.870. The predicted octanol–water partition coefficient (Wildman–Crippen LogP) is 6.12. The van der Waals surface area contributed by atoms with E-state index >= 15 is 0 Å². The van der Waals surface area contributed by atoms with Gasteiger partial charge in [0.05, 0.1) is 23.1 Å². The number of pyridine rings is 1. The summed E-state index contributed by atoms with van der Waals surface area (Å²) in [5.41, 5.74) is 5.67. The van der Waals surface area contributed by atoms with Crippen LogP contribution in [0.1, 0.15) is 33.3 Å². The second kappa shape index (κ2) is 9.75. The first kappa shape index (κ1) is 23.4. The lowest BCUT2D eigenvalue weighted by Crippen LogP contribution is -2.17. The maximum atomic E-state index is 13.0. The normalized spacial score (nSPS) is 11.0. The van der Waals surface area contributed by atoms with Gasteiger partial charge in [-0.1, -0.05) is 35.0 Å². The molecule has 3 heterocycles. The summed E-state index contributed by atoms with van der Waals surface area (Å²) in [4.78, 5) is 26.4. The molecule has 5 rings (SSSR count). The Hall–Kier alpha value is -4.30. The minimum atomic E-state index is -0.428. The van der Waals surface area contributed by atoms with E-state index in [1.807, 2.05) is 69.3 Å². The van der Waals surface area contributed by atoms with Crippen molar-refractivity contribution in [1.82, 2.24) is 20.1 Å². The van der Waals surface area contributed by atoms with E-state index in [9.17, 15) is 4.79 Å². The Morgan fingerprint density at radius 2 is 1.89 bits per heavy atom. The van der Waals surface area contributed by atoms with Gasteiger partial charge >= 0.3 is 0 Å². The van der Waals surface area contributed by atoms with Crippen molar-refractivity contribution >= 4 is 39.9 Å². The predicted molar refractivity (Wildman–Crippen MR) is 140 cm³/mol. The van der Waals surface area contributed by atoms with Crippen molar-refractivity contribution < 1.29 is 9.32 Å². The number of hydrogen-bond acceptors (Lipinski definition) is 7. The highest BCUT2D eigenvalue weighted by molar-refractivity contribution is 6.30. The summed E-state index contributed by atoms with van der Waals surface area (Å²) in [5, 5.41) is 11.7. The van der Waals surface area contributed by atoms with Crippen LogP contribution in [0.25, 0.3) is 22.0 Å². The van der Waals surface area contributed by atoms with E-state index in [0.29, 0.717) is 28.6 Å². The van der Waals surface area contributed by atoms with Gasteiger partial charge in [-0.2, -0.15) is 0 Å². The maximum absolute atomic E-state index is 13.0. The Labute approximate surface area is 212 Å². The van der Waals surface area contributed by atoms with Crippen molar-refractivity contribution in [2.75, 3.05) is 10.6 Å². The number of aryl methyl sites for hydroxylation is 3. The number of anilines is 2. The number of aromatic nitrogens is 4. The number of halogens is 1. The molecule has 0 aliphatic heterocycles. The Morgan fingerprint density at radius 3 is 2.61 bits per heavy atom. The molecule has 1 amide bonds.